The van der Waals surface area contributed by atoms with Crippen molar-refractivity contribution in [1.82, 2.24) is 9.21 Å². The lowest BCUT2D eigenvalue weighted by Crippen LogP contribution is -2.51. The molecule has 1 amide bonds. The Morgan fingerprint density at radius 2 is 1.62 bits per heavy atom. The summed E-state index contributed by atoms with van der Waals surface area (Å²) >= 11 is 0. The molecular formula is C18H28N2O3S. The number of carbonyl (C=O) groups excluding carboxylic acids is 1. The summed E-state index contributed by atoms with van der Waals surface area (Å²) in [4.78, 5) is 14.6. The molecule has 0 atom stereocenters. The first kappa shape index (κ1) is 18.9. The second-order valence-corrected chi connectivity index (χ2v) is 8.43. The number of hydrogen-bond acceptors (Lipinski definition) is 3. The van der Waals surface area contributed by atoms with Crippen LogP contribution in [0.1, 0.15) is 37.8 Å². The lowest BCUT2D eigenvalue weighted by atomic mass is 10.0. The van der Waals surface area contributed by atoms with Crippen molar-refractivity contribution in [2.45, 2.75) is 45.4 Å². The zero-order valence-corrected chi connectivity index (χ0v) is 15.9. The molecule has 0 bridgehead atoms. The molecule has 1 aliphatic heterocycles. The Kier molecular flexibility index (Phi) is 6.04. The fourth-order valence-electron chi connectivity index (χ4n) is 3.07. The van der Waals surface area contributed by atoms with Gasteiger partial charge >= 0.3 is 0 Å². The zero-order valence-electron chi connectivity index (χ0n) is 15.1. The van der Waals surface area contributed by atoms with E-state index in [1.165, 1.54) is 4.31 Å². The van der Waals surface area contributed by atoms with Crippen LogP contribution in [-0.4, -0.2) is 49.7 Å². The molecule has 6 heteroatoms. The predicted molar refractivity (Wildman–Crippen MR) is 95.3 cm³/mol. The Morgan fingerprint density at radius 1 is 1.04 bits per heavy atom. The number of hydrogen-bond donors (Lipinski definition) is 0. The lowest BCUT2D eigenvalue weighted by Gasteiger charge is -2.35. The number of carbonyl (C=O) groups is 1. The van der Waals surface area contributed by atoms with Gasteiger partial charge in [-0.3, -0.25) is 4.79 Å². The average Bonchev–Trinajstić information content (AvgIpc) is 2.58. The summed E-state index contributed by atoms with van der Waals surface area (Å²) in [6, 6.07) is 5.24. The topological polar surface area (TPSA) is 57.7 Å². The van der Waals surface area contributed by atoms with Crippen LogP contribution in [0, 0.1) is 19.8 Å². The third-order valence-corrected chi connectivity index (χ3v) is 6.90. The summed E-state index contributed by atoms with van der Waals surface area (Å²) < 4.78 is 27.1. The van der Waals surface area contributed by atoms with Crippen LogP contribution >= 0.6 is 0 Å². The molecule has 24 heavy (non-hydrogen) atoms. The second kappa shape index (κ2) is 7.66. The molecule has 0 aliphatic carbocycles. The monoisotopic (exact) mass is 352 g/mol. The first-order chi connectivity index (χ1) is 11.3. The Hall–Kier alpha value is -1.40. The van der Waals surface area contributed by atoms with Gasteiger partial charge in [0.1, 0.15) is 0 Å². The van der Waals surface area contributed by atoms with E-state index in [4.69, 9.17) is 0 Å². The third kappa shape index (κ3) is 3.81. The highest BCUT2D eigenvalue weighted by Crippen LogP contribution is 2.21. The quantitative estimate of drug-likeness (QED) is 0.818. The van der Waals surface area contributed by atoms with Gasteiger partial charge in [-0.05, 0) is 49.9 Å². The molecule has 134 valence electrons. The first-order valence-corrected chi connectivity index (χ1v) is 10.1. The average molecular weight is 353 g/mol. The van der Waals surface area contributed by atoms with Gasteiger partial charge in [0.15, 0.2) is 0 Å². The van der Waals surface area contributed by atoms with E-state index in [0.717, 1.165) is 24.0 Å². The van der Waals surface area contributed by atoms with E-state index in [2.05, 4.69) is 0 Å². The van der Waals surface area contributed by atoms with Crippen molar-refractivity contribution < 1.29 is 13.2 Å². The molecule has 1 fully saturated rings. The molecule has 0 unspecified atom stereocenters. The minimum absolute atomic E-state index is 0.0490. The number of piperazine rings is 1. The molecule has 1 aliphatic rings. The number of rotatable bonds is 5. The molecule has 0 aromatic heterocycles. The van der Waals surface area contributed by atoms with Crippen molar-refractivity contribution in [1.29, 1.82) is 0 Å². The fraction of sp³-hybridized carbons (Fsp3) is 0.611. The summed E-state index contributed by atoms with van der Waals surface area (Å²) in [5.74, 6) is 0.205. The van der Waals surface area contributed by atoms with Crippen molar-refractivity contribution in [2.75, 3.05) is 26.2 Å². The van der Waals surface area contributed by atoms with Crippen molar-refractivity contribution in [3.8, 4) is 0 Å². The van der Waals surface area contributed by atoms with Crippen LogP contribution in [0.2, 0.25) is 0 Å². The van der Waals surface area contributed by atoms with Crippen LogP contribution in [0.25, 0.3) is 0 Å². The standard InChI is InChI=1S/C18H28N2O3S/c1-5-16(6-2)18(21)19-9-11-20(12-10-19)24(22,23)17-8-7-14(3)15(4)13-17/h7-8,13,16H,5-6,9-12H2,1-4H3. The smallest absolute Gasteiger partial charge is 0.243 e. The molecule has 2 rings (SSSR count). The Morgan fingerprint density at radius 3 is 2.12 bits per heavy atom. The van der Waals surface area contributed by atoms with Crippen molar-refractivity contribution in [2.24, 2.45) is 5.92 Å². The predicted octanol–water partition coefficient (Wildman–Crippen LogP) is 2.57. The van der Waals surface area contributed by atoms with Crippen molar-refractivity contribution in [3.63, 3.8) is 0 Å². The molecule has 0 N–H and O–H groups in total. The summed E-state index contributed by atoms with van der Waals surface area (Å²) in [6.07, 6.45) is 1.66. The van der Waals surface area contributed by atoms with Crippen LogP contribution in [0.15, 0.2) is 23.1 Å². The number of amides is 1. The maximum atomic E-state index is 12.8. The van der Waals surface area contributed by atoms with Crippen LogP contribution in [0.4, 0.5) is 0 Å². The van der Waals surface area contributed by atoms with E-state index in [9.17, 15) is 13.2 Å². The number of sulfonamides is 1. The highest BCUT2D eigenvalue weighted by atomic mass is 32.2. The molecule has 0 spiro atoms. The highest BCUT2D eigenvalue weighted by molar-refractivity contribution is 7.89. The van der Waals surface area contributed by atoms with Gasteiger partial charge in [0.25, 0.3) is 0 Å². The molecule has 0 radical (unpaired) electrons. The number of aryl methyl sites for hydroxylation is 2. The van der Waals surface area contributed by atoms with E-state index >= 15 is 0 Å². The minimum Gasteiger partial charge on any atom is -0.340 e. The van der Waals surface area contributed by atoms with E-state index in [1.807, 2.05) is 38.7 Å². The molecule has 5 nitrogen and oxygen atoms in total. The maximum Gasteiger partial charge on any atom is 0.243 e. The number of benzene rings is 1. The van der Waals surface area contributed by atoms with Crippen LogP contribution in [0.5, 0.6) is 0 Å². The Bertz CT molecular complexity index is 688. The number of nitrogens with zero attached hydrogens (tertiary/aromatic N) is 2. The summed E-state index contributed by atoms with van der Waals surface area (Å²) in [5, 5.41) is 0. The zero-order chi connectivity index (χ0) is 17.9. The van der Waals surface area contributed by atoms with Crippen LogP contribution < -0.4 is 0 Å². The van der Waals surface area contributed by atoms with Gasteiger partial charge in [-0.25, -0.2) is 8.42 Å². The largest absolute Gasteiger partial charge is 0.340 e. The second-order valence-electron chi connectivity index (χ2n) is 6.49. The molecule has 1 aromatic carbocycles. The fourth-order valence-corrected chi connectivity index (χ4v) is 4.58. The van der Waals surface area contributed by atoms with Crippen molar-refractivity contribution >= 4 is 15.9 Å². The van der Waals surface area contributed by atoms with Crippen LogP contribution in [0.3, 0.4) is 0 Å². The first-order valence-electron chi connectivity index (χ1n) is 8.67. The summed E-state index contributed by atoms with van der Waals surface area (Å²) in [5.41, 5.74) is 2.05. The molecule has 1 aromatic rings. The van der Waals surface area contributed by atoms with Gasteiger partial charge in [-0.1, -0.05) is 19.9 Å². The van der Waals surface area contributed by atoms with Gasteiger partial charge in [0.2, 0.25) is 15.9 Å². The van der Waals surface area contributed by atoms with E-state index in [-0.39, 0.29) is 11.8 Å². The van der Waals surface area contributed by atoms with E-state index in [1.54, 1.807) is 12.1 Å². The Balaban J connectivity index is 2.08. The summed E-state index contributed by atoms with van der Waals surface area (Å²) in [7, 11) is -3.49. The third-order valence-electron chi connectivity index (χ3n) is 5.00. The van der Waals surface area contributed by atoms with Gasteiger partial charge < -0.3 is 4.90 Å². The molecular weight excluding hydrogens is 324 g/mol. The highest BCUT2D eigenvalue weighted by Gasteiger charge is 2.31. The molecule has 0 saturated carbocycles. The van der Waals surface area contributed by atoms with Gasteiger partial charge in [-0.2, -0.15) is 4.31 Å². The van der Waals surface area contributed by atoms with Gasteiger partial charge in [0.05, 0.1) is 4.90 Å². The summed E-state index contributed by atoms with van der Waals surface area (Å²) in [6.45, 7) is 9.59. The lowest BCUT2D eigenvalue weighted by molar-refractivity contribution is -0.136. The SMILES string of the molecule is CCC(CC)C(=O)N1CCN(S(=O)(=O)c2ccc(C)c(C)c2)CC1. The maximum absolute atomic E-state index is 12.8. The van der Waals surface area contributed by atoms with E-state index < -0.39 is 10.0 Å². The van der Waals surface area contributed by atoms with Gasteiger partial charge in [0, 0.05) is 32.1 Å². The normalized spacial score (nSPS) is 16.6. The molecule has 1 heterocycles. The van der Waals surface area contributed by atoms with Crippen LogP contribution in [-0.2, 0) is 14.8 Å². The van der Waals surface area contributed by atoms with Crippen molar-refractivity contribution in [3.05, 3.63) is 29.3 Å². The van der Waals surface area contributed by atoms with Gasteiger partial charge in [-0.15, -0.1) is 0 Å². The van der Waals surface area contributed by atoms with E-state index in [0.29, 0.717) is 31.1 Å². The molecule has 1 saturated heterocycles. The Labute approximate surface area is 145 Å². The minimum atomic E-state index is -3.49.